The van der Waals surface area contributed by atoms with Gasteiger partial charge in [0.25, 0.3) is 6.43 Å². The molecular formula is C22H24F4N2O2. The van der Waals surface area contributed by atoms with Crippen LogP contribution in [0.2, 0.25) is 0 Å². The minimum atomic E-state index is -3.16. The highest BCUT2D eigenvalue weighted by Crippen LogP contribution is 2.41. The first-order chi connectivity index (χ1) is 14.1. The number of nitrogens with one attached hydrogen (secondary N) is 1. The average molecular weight is 424 g/mol. The molecule has 4 nitrogen and oxygen atoms in total. The monoisotopic (exact) mass is 424 g/mol. The third-order valence-corrected chi connectivity index (χ3v) is 5.40. The van der Waals surface area contributed by atoms with Crippen molar-refractivity contribution in [1.82, 2.24) is 9.97 Å². The Morgan fingerprint density at radius 2 is 1.97 bits per heavy atom. The van der Waals surface area contributed by atoms with E-state index in [0.29, 0.717) is 16.6 Å². The Morgan fingerprint density at radius 3 is 2.60 bits per heavy atom. The molecule has 3 rings (SSSR count). The van der Waals surface area contributed by atoms with E-state index in [2.05, 4.69) is 9.97 Å². The van der Waals surface area contributed by atoms with Gasteiger partial charge < -0.3 is 14.8 Å². The Labute approximate surface area is 171 Å². The van der Waals surface area contributed by atoms with E-state index in [9.17, 15) is 22.7 Å². The van der Waals surface area contributed by atoms with Gasteiger partial charge in [-0.2, -0.15) is 0 Å². The maximum Gasteiger partial charge on any atom is 0.267 e. The Morgan fingerprint density at radius 1 is 1.23 bits per heavy atom. The number of aryl methyl sites for hydroxylation is 1. The van der Waals surface area contributed by atoms with Crippen LogP contribution in [0.3, 0.4) is 0 Å². The number of methoxy groups -OCH3 is 1. The zero-order valence-electron chi connectivity index (χ0n) is 17.0. The number of pyridine rings is 1. The average Bonchev–Trinajstić information content (AvgIpc) is 3.08. The Kier molecular flexibility index (Phi) is 6.08. The summed E-state index contributed by atoms with van der Waals surface area (Å²) in [7, 11) is 1.33. The van der Waals surface area contributed by atoms with Crippen molar-refractivity contribution >= 4 is 10.9 Å². The topological polar surface area (TPSA) is 58.1 Å². The lowest BCUT2D eigenvalue weighted by atomic mass is 9.73. The Hall–Kier alpha value is -2.61. The molecule has 3 aromatic rings. The number of alkyl halides is 3. The Bertz CT molecular complexity index is 1040. The van der Waals surface area contributed by atoms with Crippen molar-refractivity contribution in [3.63, 3.8) is 0 Å². The molecule has 0 fully saturated rings. The highest BCUT2D eigenvalue weighted by atomic mass is 19.3. The summed E-state index contributed by atoms with van der Waals surface area (Å²) in [5.74, 6) is -0.482. The number of aliphatic hydroxyl groups is 1. The van der Waals surface area contributed by atoms with Crippen LogP contribution in [0.25, 0.3) is 10.9 Å². The van der Waals surface area contributed by atoms with Gasteiger partial charge in [0.1, 0.15) is 17.2 Å². The smallest absolute Gasteiger partial charge is 0.267 e. The molecule has 30 heavy (non-hydrogen) atoms. The van der Waals surface area contributed by atoms with Gasteiger partial charge in [-0.1, -0.05) is 6.92 Å². The molecule has 2 N–H and O–H groups in total. The summed E-state index contributed by atoms with van der Waals surface area (Å²) >= 11 is 0. The van der Waals surface area contributed by atoms with Gasteiger partial charge in [-0.25, -0.2) is 13.2 Å². The number of benzene rings is 1. The van der Waals surface area contributed by atoms with Crippen LogP contribution in [0.4, 0.5) is 17.6 Å². The molecule has 0 spiro atoms. The lowest BCUT2D eigenvalue weighted by Gasteiger charge is -2.37. The molecule has 2 unspecified atom stereocenters. The number of hydrogen-bond donors (Lipinski definition) is 2. The number of fused-ring (bicyclic) bond motifs is 1. The lowest BCUT2D eigenvalue weighted by molar-refractivity contribution is -0.113. The van der Waals surface area contributed by atoms with Crippen LogP contribution in [0, 0.1) is 12.7 Å². The van der Waals surface area contributed by atoms with Crippen molar-refractivity contribution in [3.05, 3.63) is 59.3 Å². The van der Waals surface area contributed by atoms with Gasteiger partial charge in [-0.05, 0) is 43.7 Å². The van der Waals surface area contributed by atoms with Gasteiger partial charge in [0, 0.05) is 45.9 Å². The van der Waals surface area contributed by atoms with Crippen LogP contribution in [-0.4, -0.2) is 40.9 Å². The quantitative estimate of drug-likeness (QED) is 0.507. The largest absolute Gasteiger partial charge is 0.496 e. The summed E-state index contributed by atoms with van der Waals surface area (Å²) in [6, 6.07) is 6.91. The van der Waals surface area contributed by atoms with Crippen molar-refractivity contribution < 1.29 is 27.4 Å². The maximum absolute atomic E-state index is 14.2. The van der Waals surface area contributed by atoms with E-state index in [1.165, 1.54) is 20.1 Å². The minimum Gasteiger partial charge on any atom is -0.496 e. The molecule has 0 saturated carbocycles. The third kappa shape index (κ3) is 4.28. The SMILES string of the molecule is COc1ccc(F)cc1C(C)(CF)CC(O)(Cc1cc2cnc(C)cc2[nH]1)C(F)F. The lowest BCUT2D eigenvalue weighted by Crippen LogP contribution is -2.46. The van der Waals surface area contributed by atoms with Gasteiger partial charge in [-0.3, -0.25) is 9.37 Å². The highest BCUT2D eigenvalue weighted by Gasteiger charge is 2.46. The number of rotatable bonds is 8. The fraction of sp³-hybridized carbons (Fsp3) is 0.409. The van der Waals surface area contributed by atoms with E-state index >= 15 is 0 Å². The van der Waals surface area contributed by atoms with E-state index in [1.54, 1.807) is 25.3 Å². The Balaban J connectivity index is 1.98. The highest BCUT2D eigenvalue weighted by molar-refractivity contribution is 5.79. The van der Waals surface area contributed by atoms with Gasteiger partial charge in [-0.15, -0.1) is 0 Å². The van der Waals surface area contributed by atoms with Gasteiger partial charge >= 0.3 is 0 Å². The number of aromatic nitrogens is 2. The molecule has 0 aliphatic rings. The van der Waals surface area contributed by atoms with Crippen LogP contribution >= 0.6 is 0 Å². The predicted molar refractivity (Wildman–Crippen MR) is 106 cm³/mol. The molecule has 2 heterocycles. The molecule has 0 saturated heterocycles. The van der Waals surface area contributed by atoms with Crippen LogP contribution in [0.5, 0.6) is 5.75 Å². The summed E-state index contributed by atoms with van der Waals surface area (Å²) in [5, 5.41) is 11.6. The van der Waals surface area contributed by atoms with Crippen molar-refractivity contribution in [2.24, 2.45) is 0 Å². The third-order valence-electron chi connectivity index (χ3n) is 5.40. The van der Waals surface area contributed by atoms with E-state index in [-0.39, 0.29) is 11.3 Å². The number of ether oxygens (including phenoxy) is 1. The number of H-pyrrole nitrogens is 1. The first-order valence-electron chi connectivity index (χ1n) is 9.45. The zero-order valence-corrected chi connectivity index (χ0v) is 17.0. The summed E-state index contributed by atoms with van der Waals surface area (Å²) in [5.41, 5.74) is -2.24. The first kappa shape index (κ1) is 22.1. The second kappa shape index (κ2) is 8.26. The molecule has 0 bridgehead atoms. The molecular weight excluding hydrogens is 400 g/mol. The molecule has 2 aromatic heterocycles. The van der Waals surface area contributed by atoms with Crippen molar-refractivity contribution in [1.29, 1.82) is 0 Å². The summed E-state index contributed by atoms with van der Waals surface area (Å²) in [6.45, 7) is 2.09. The molecule has 1 aromatic carbocycles. The zero-order chi connectivity index (χ0) is 22.1. The van der Waals surface area contributed by atoms with Crippen molar-refractivity contribution in [2.75, 3.05) is 13.8 Å². The van der Waals surface area contributed by atoms with E-state index in [0.717, 1.165) is 17.8 Å². The number of aromatic amines is 1. The summed E-state index contributed by atoms with van der Waals surface area (Å²) in [6.07, 6.45) is -2.63. The van der Waals surface area contributed by atoms with Crippen LogP contribution < -0.4 is 4.74 Å². The number of nitrogens with zero attached hydrogens (tertiary/aromatic N) is 1. The molecule has 0 radical (unpaired) electrons. The molecule has 162 valence electrons. The summed E-state index contributed by atoms with van der Waals surface area (Å²) in [4.78, 5) is 7.17. The molecule has 8 heteroatoms. The van der Waals surface area contributed by atoms with Crippen LogP contribution in [-0.2, 0) is 11.8 Å². The predicted octanol–water partition coefficient (Wildman–Crippen LogP) is 4.88. The van der Waals surface area contributed by atoms with Crippen LogP contribution in [0.1, 0.15) is 30.3 Å². The van der Waals surface area contributed by atoms with Crippen molar-refractivity contribution in [3.8, 4) is 5.75 Å². The van der Waals surface area contributed by atoms with Crippen LogP contribution in [0.15, 0.2) is 36.5 Å². The molecule has 0 aliphatic carbocycles. The standard InChI is InChI=1S/C22H24F4N2O2/c1-13-6-18-14(10-27-13)7-16(28-18)9-22(29,20(25)26)11-21(2,12-23)17-8-15(24)4-5-19(17)30-3/h4-8,10,20,28-29H,9,11-12H2,1-3H3. The fourth-order valence-corrected chi connectivity index (χ4v) is 3.87. The van der Waals surface area contributed by atoms with Gasteiger partial charge in [0.2, 0.25) is 0 Å². The molecule has 0 amide bonds. The number of halogens is 4. The van der Waals surface area contributed by atoms with E-state index in [4.69, 9.17) is 4.74 Å². The molecule has 2 atom stereocenters. The second-order valence-electron chi connectivity index (χ2n) is 8.00. The van der Waals surface area contributed by atoms with E-state index in [1.807, 2.05) is 0 Å². The van der Waals surface area contributed by atoms with Crippen molar-refractivity contribution in [2.45, 2.75) is 44.1 Å². The second-order valence-corrected chi connectivity index (χ2v) is 8.00. The molecule has 0 aliphatic heterocycles. The van der Waals surface area contributed by atoms with Gasteiger partial charge in [0.15, 0.2) is 0 Å². The first-order valence-corrected chi connectivity index (χ1v) is 9.45. The number of hydrogen-bond acceptors (Lipinski definition) is 3. The summed E-state index contributed by atoms with van der Waals surface area (Å²) < 4.78 is 61.2. The fourth-order valence-electron chi connectivity index (χ4n) is 3.87. The normalized spacial score (nSPS) is 15.9. The maximum atomic E-state index is 14.2. The minimum absolute atomic E-state index is 0.0862. The van der Waals surface area contributed by atoms with E-state index < -0.39 is 42.8 Å². The van der Waals surface area contributed by atoms with Gasteiger partial charge in [0.05, 0.1) is 13.8 Å².